The summed E-state index contributed by atoms with van der Waals surface area (Å²) in [5.74, 6) is -0.0551. The molecule has 1 aromatic rings. The van der Waals surface area contributed by atoms with Crippen molar-refractivity contribution in [1.29, 1.82) is 0 Å². The molecule has 0 radical (unpaired) electrons. The van der Waals surface area contributed by atoms with Gasteiger partial charge in [-0.2, -0.15) is 0 Å². The van der Waals surface area contributed by atoms with Gasteiger partial charge in [-0.25, -0.2) is 0 Å². The molecule has 1 saturated carbocycles. The number of rotatable bonds is 6. The standard InChI is InChI=1S/C15H22N2O4/c1-15(2)11(9-12(15)18)17-13(19)6-3-7-16-14(20)10-5-4-8-21-10/h4-5,8,11-12,18H,3,6-7,9H2,1-2H3,(H,16,20)(H,17,19). The van der Waals surface area contributed by atoms with Gasteiger partial charge in [0.2, 0.25) is 5.91 Å². The van der Waals surface area contributed by atoms with Crippen LogP contribution in [0.15, 0.2) is 22.8 Å². The van der Waals surface area contributed by atoms with Crippen molar-refractivity contribution in [2.45, 2.75) is 45.3 Å². The van der Waals surface area contributed by atoms with Crippen LogP contribution in [-0.4, -0.2) is 35.6 Å². The monoisotopic (exact) mass is 294 g/mol. The number of carbonyl (C=O) groups is 2. The molecule has 0 spiro atoms. The Hall–Kier alpha value is -1.82. The number of aliphatic hydroxyl groups is 1. The first kappa shape index (κ1) is 15.6. The van der Waals surface area contributed by atoms with Crippen LogP contribution in [-0.2, 0) is 4.79 Å². The molecule has 2 rings (SSSR count). The summed E-state index contributed by atoms with van der Waals surface area (Å²) in [6.45, 7) is 4.30. The molecule has 21 heavy (non-hydrogen) atoms. The molecule has 3 N–H and O–H groups in total. The number of hydrogen-bond acceptors (Lipinski definition) is 4. The van der Waals surface area contributed by atoms with Crippen LogP contribution < -0.4 is 10.6 Å². The molecule has 6 heteroatoms. The molecule has 0 saturated heterocycles. The van der Waals surface area contributed by atoms with Gasteiger partial charge in [0.1, 0.15) is 0 Å². The quantitative estimate of drug-likeness (QED) is 0.684. The summed E-state index contributed by atoms with van der Waals surface area (Å²) in [6.07, 6.45) is 2.61. The molecular weight excluding hydrogens is 272 g/mol. The van der Waals surface area contributed by atoms with Crippen LogP contribution in [0.4, 0.5) is 0 Å². The fourth-order valence-corrected chi connectivity index (χ4v) is 2.36. The minimum Gasteiger partial charge on any atom is -0.459 e. The fourth-order valence-electron chi connectivity index (χ4n) is 2.36. The topological polar surface area (TPSA) is 91.6 Å². The first-order chi connectivity index (χ1) is 9.91. The molecule has 2 amide bonds. The molecule has 0 aromatic carbocycles. The lowest BCUT2D eigenvalue weighted by Crippen LogP contribution is -2.61. The summed E-state index contributed by atoms with van der Waals surface area (Å²) in [5.41, 5.74) is -0.261. The van der Waals surface area contributed by atoms with Crippen molar-refractivity contribution >= 4 is 11.8 Å². The van der Waals surface area contributed by atoms with Crippen LogP contribution in [0.1, 0.15) is 43.7 Å². The second kappa shape index (κ2) is 6.30. The largest absolute Gasteiger partial charge is 0.459 e. The van der Waals surface area contributed by atoms with E-state index in [0.29, 0.717) is 25.8 Å². The third-order valence-electron chi connectivity index (χ3n) is 4.16. The van der Waals surface area contributed by atoms with Crippen molar-refractivity contribution in [2.24, 2.45) is 5.41 Å². The third kappa shape index (κ3) is 3.64. The van der Waals surface area contributed by atoms with Crippen LogP contribution in [0.25, 0.3) is 0 Å². The molecule has 0 aliphatic heterocycles. The average Bonchev–Trinajstić information content (AvgIpc) is 2.97. The highest BCUT2D eigenvalue weighted by atomic mass is 16.3. The normalized spacial score (nSPS) is 23.2. The minimum atomic E-state index is -0.351. The van der Waals surface area contributed by atoms with E-state index in [1.165, 1.54) is 6.26 Å². The van der Waals surface area contributed by atoms with E-state index in [4.69, 9.17) is 4.42 Å². The highest BCUT2D eigenvalue weighted by Gasteiger charge is 2.47. The van der Waals surface area contributed by atoms with E-state index < -0.39 is 0 Å². The number of aliphatic hydroxyl groups excluding tert-OH is 1. The van der Waals surface area contributed by atoms with E-state index in [0.717, 1.165) is 0 Å². The van der Waals surface area contributed by atoms with Gasteiger partial charge in [-0.05, 0) is 25.0 Å². The smallest absolute Gasteiger partial charge is 0.286 e. The Balaban J connectivity index is 1.61. The number of hydrogen-bond donors (Lipinski definition) is 3. The zero-order chi connectivity index (χ0) is 15.5. The fraction of sp³-hybridized carbons (Fsp3) is 0.600. The second-order valence-corrected chi connectivity index (χ2v) is 6.03. The lowest BCUT2D eigenvalue weighted by Gasteiger charge is -2.49. The van der Waals surface area contributed by atoms with E-state index in [9.17, 15) is 14.7 Å². The van der Waals surface area contributed by atoms with E-state index in [2.05, 4.69) is 10.6 Å². The Labute approximate surface area is 123 Å². The summed E-state index contributed by atoms with van der Waals surface area (Å²) in [7, 11) is 0. The molecule has 2 unspecified atom stereocenters. The van der Waals surface area contributed by atoms with Crippen molar-refractivity contribution in [2.75, 3.05) is 6.54 Å². The third-order valence-corrected chi connectivity index (χ3v) is 4.16. The van der Waals surface area contributed by atoms with Crippen LogP contribution in [0.2, 0.25) is 0 Å². The Morgan fingerprint density at radius 1 is 1.48 bits per heavy atom. The number of amides is 2. The Bertz CT molecular complexity index is 496. The van der Waals surface area contributed by atoms with Crippen LogP contribution in [0.5, 0.6) is 0 Å². The number of carbonyl (C=O) groups excluding carboxylic acids is 2. The van der Waals surface area contributed by atoms with Crippen LogP contribution in [0.3, 0.4) is 0 Å². The predicted octanol–water partition coefficient (Wildman–Crippen LogP) is 1.07. The zero-order valence-electron chi connectivity index (χ0n) is 12.4. The van der Waals surface area contributed by atoms with Crippen molar-refractivity contribution in [3.05, 3.63) is 24.2 Å². The van der Waals surface area contributed by atoms with Gasteiger partial charge in [0.25, 0.3) is 5.91 Å². The Kier molecular flexibility index (Phi) is 4.67. The molecule has 1 aliphatic rings. The van der Waals surface area contributed by atoms with Crippen molar-refractivity contribution in [3.8, 4) is 0 Å². The highest BCUT2D eigenvalue weighted by Crippen LogP contribution is 2.40. The van der Waals surface area contributed by atoms with Crippen LogP contribution >= 0.6 is 0 Å². The van der Waals surface area contributed by atoms with Gasteiger partial charge in [-0.1, -0.05) is 13.8 Å². The summed E-state index contributed by atoms with van der Waals surface area (Å²) >= 11 is 0. The molecule has 1 heterocycles. The first-order valence-corrected chi connectivity index (χ1v) is 7.20. The van der Waals surface area contributed by atoms with Gasteiger partial charge >= 0.3 is 0 Å². The van der Waals surface area contributed by atoms with Crippen molar-refractivity contribution in [1.82, 2.24) is 10.6 Å². The van der Waals surface area contributed by atoms with Crippen molar-refractivity contribution < 1.29 is 19.1 Å². The Morgan fingerprint density at radius 3 is 2.81 bits per heavy atom. The molecule has 1 aromatic heterocycles. The molecule has 2 atom stereocenters. The summed E-state index contributed by atoms with van der Waals surface area (Å²) < 4.78 is 4.97. The van der Waals surface area contributed by atoms with Gasteiger partial charge in [-0.15, -0.1) is 0 Å². The van der Waals surface area contributed by atoms with E-state index in [1.54, 1.807) is 12.1 Å². The van der Waals surface area contributed by atoms with E-state index in [-0.39, 0.29) is 35.1 Å². The van der Waals surface area contributed by atoms with Gasteiger partial charge in [0.15, 0.2) is 5.76 Å². The van der Waals surface area contributed by atoms with E-state index >= 15 is 0 Å². The molecule has 0 bridgehead atoms. The average molecular weight is 294 g/mol. The molecule has 1 aliphatic carbocycles. The number of nitrogens with one attached hydrogen (secondary N) is 2. The van der Waals surface area contributed by atoms with E-state index in [1.807, 2.05) is 13.8 Å². The molecular formula is C15H22N2O4. The number of furan rings is 1. The molecule has 6 nitrogen and oxygen atoms in total. The molecule has 116 valence electrons. The summed E-state index contributed by atoms with van der Waals surface area (Å²) in [4.78, 5) is 23.4. The maximum Gasteiger partial charge on any atom is 0.286 e. The lowest BCUT2D eigenvalue weighted by atomic mass is 9.64. The zero-order valence-corrected chi connectivity index (χ0v) is 12.4. The van der Waals surface area contributed by atoms with Crippen molar-refractivity contribution in [3.63, 3.8) is 0 Å². The SMILES string of the molecule is CC1(C)C(O)CC1NC(=O)CCCNC(=O)c1ccco1. The molecule has 1 fully saturated rings. The van der Waals surface area contributed by atoms with Crippen LogP contribution in [0, 0.1) is 5.41 Å². The van der Waals surface area contributed by atoms with Gasteiger partial charge in [0.05, 0.1) is 12.4 Å². The minimum absolute atomic E-state index is 0.0257. The second-order valence-electron chi connectivity index (χ2n) is 6.03. The maximum absolute atomic E-state index is 11.8. The summed E-state index contributed by atoms with van der Waals surface area (Å²) in [6, 6.07) is 3.26. The van der Waals surface area contributed by atoms with Gasteiger partial charge in [0, 0.05) is 24.4 Å². The van der Waals surface area contributed by atoms with Gasteiger partial charge in [-0.3, -0.25) is 9.59 Å². The summed E-state index contributed by atoms with van der Waals surface area (Å²) in [5, 5.41) is 15.2. The predicted molar refractivity (Wildman–Crippen MR) is 76.6 cm³/mol. The first-order valence-electron chi connectivity index (χ1n) is 7.20. The van der Waals surface area contributed by atoms with Gasteiger partial charge < -0.3 is 20.2 Å². The highest BCUT2D eigenvalue weighted by molar-refractivity contribution is 5.91. The maximum atomic E-state index is 11.8. The lowest BCUT2D eigenvalue weighted by molar-refractivity contribution is -0.129. The Morgan fingerprint density at radius 2 is 2.24 bits per heavy atom.